The third-order valence-corrected chi connectivity index (χ3v) is 2.88. The first kappa shape index (κ1) is 12.6. The number of aliphatic hydroxyl groups is 1. The van der Waals surface area contributed by atoms with E-state index in [0.29, 0.717) is 0 Å². The summed E-state index contributed by atoms with van der Waals surface area (Å²) >= 11 is 0. The molecule has 2 fully saturated rings. The van der Waals surface area contributed by atoms with E-state index in [1.807, 2.05) is 0 Å². The van der Waals surface area contributed by atoms with Crippen LogP contribution in [0.3, 0.4) is 0 Å². The van der Waals surface area contributed by atoms with Crippen molar-refractivity contribution in [3.05, 3.63) is 10.4 Å². The van der Waals surface area contributed by atoms with E-state index in [-0.39, 0.29) is 6.54 Å². The first-order chi connectivity index (χ1) is 7.94. The number of aliphatic hydroxyl groups excluding tert-OH is 1. The lowest BCUT2D eigenvalue weighted by Gasteiger charge is -2.37. The van der Waals surface area contributed by atoms with E-state index in [2.05, 4.69) is 10.0 Å². The van der Waals surface area contributed by atoms with Gasteiger partial charge in [-0.15, -0.1) is 0 Å². The van der Waals surface area contributed by atoms with Crippen LogP contribution in [0.1, 0.15) is 13.8 Å². The Morgan fingerprint density at radius 3 is 2.71 bits per heavy atom. The molecule has 0 spiro atoms. The summed E-state index contributed by atoms with van der Waals surface area (Å²) in [6, 6.07) is -0.677. The van der Waals surface area contributed by atoms with Gasteiger partial charge in [-0.05, 0) is 19.4 Å². The molecule has 0 aromatic rings. The molecule has 0 aromatic carbocycles. The maximum absolute atomic E-state index is 9.65. The molecule has 2 aliphatic heterocycles. The van der Waals surface area contributed by atoms with E-state index in [1.165, 1.54) is 0 Å². The van der Waals surface area contributed by atoms with Crippen LogP contribution in [0.25, 0.3) is 10.4 Å². The van der Waals surface area contributed by atoms with Gasteiger partial charge < -0.3 is 25.1 Å². The minimum Gasteiger partial charge on any atom is -0.367 e. The Bertz CT molecular complexity index is 344. The van der Waals surface area contributed by atoms with Gasteiger partial charge >= 0.3 is 0 Å². The largest absolute Gasteiger partial charge is 0.367 e. The lowest BCUT2D eigenvalue weighted by atomic mass is 9.98. The Hall–Kier alpha value is -0.890. The maximum Gasteiger partial charge on any atom is 0.172 e. The topological polar surface area (TPSA) is 123 Å². The summed E-state index contributed by atoms with van der Waals surface area (Å²) in [5.74, 6) is -0.783. The van der Waals surface area contributed by atoms with Crippen LogP contribution in [-0.4, -0.2) is 48.1 Å². The van der Waals surface area contributed by atoms with Gasteiger partial charge in [0.1, 0.15) is 12.2 Å². The van der Waals surface area contributed by atoms with E-state index in [1.54, 1.807) is 13.8 Å². The molecule has 2 saturated heterocycles. The van der Waals surface area contributed by atoms with Crippen LogP contribution >= 0.6 is 0 Å². The minimum absolute atomic E-state index is 0.0703. The molecule has 2 aliphatic rings. The highest BCUT2D eigenvalue weighted by atomic mass is 16.8. The molecular formula is C9H16N4O4. The van der Waals surface area contributed by atoms with Gasteiger partial charge in [0.15, 0.2) is 12.1 Å². The first-order valence-corrected chi connectivity index (χ1v) is 5.40. The third-order valence-electron chi connectivity index (χ3n) is 2.88. The van der Waals surface area contributed by atoms with Crippen molar-refractivity contribution in [1.29, 1.82) is 0 Å². The van der Waals surface area contributed by atoms with E-state index in [9.17, 15) is 5.11 Å². The van der Waals surface area contributed by atoms with E-state index in [4.69, 9.17) is 25.5 Å². The number of rotatable bonds is 2. The molecule has 3 N–H and O–H groups in total. The summed E-state index contributed by atoms with van der Waals surface area (Å²) in [7, 11) is 0. The molecule has 8 nitrogen and oxygen atoms in total. The highest BCUT2D eigenvalue weighted by Crippen LogP contribution is 2.36. The van der Waals surface area contributed by atoms with Crippen LogP contribution < -0.4 is 5.73 Å². The summed E-state index contributed by atoms with van der Waals surface area (Å²) in [6.07, 6.45) is -2.60. The number of hydrogen-bond donors (Lipinski definition) is 2. The molecule has 0 aliphatic carbocycles. The predicted octanol–water partition coefficient (Wildman–Crippen LogP) is -0.139. The average molecular weight is 244 g/mol. The smallest absolute Gasteiger partial charge is 0.172 e. The molecule has 17 heavy (non-hydrogen) atoms. The highest BCUT2D eigenvalue weighted by Gasteiger charge is 2.53. The molecule has 0 saturated carbocycles. The van der Waals surface area contributed by atoms with Crippen LogP contribution in [0.2, 0.25) is 0 Å². The molecule has 2 rings (SSSR count). The summed E-state index contributed by atoms with van der Waals surface area (Å²) in [4.78, 5) is 2.66. The van der Waals surface area contributed by atoms with Crippen molar-refractivity contribution in [2.24, 2.45) is 10.8 Å². The van der Waals surface area contributed by atoms with Crippen molar-refractivity contribution in [3.63, 3.8) is 0 Å². The van der Waals surface area contributed by atoms with Gasteiger partial charge in [-0.3, -0.25) is 0 Å². The number of nitrogens with two attached hydrogens (primary N) is 1. The minimum atomic E-state index is -1.15. The van der Waals surface area contributed by atoms with Crippen molar-refractivity contribution in [2.75, 3.05) is 6.54 Å². The lowest BCUT2D eigenvalue weighted by molar-refractivity contribution is -0.215. The second-order valence-electron chi connectivity index (χ2n) is 4.62. The summed E-state index contributed by atoms with van der Waals surface area (Å²) < 4.78 is 16.6. The third kappa shape index (κ3) is 2.37. The Balaban J connectivity index is 2.17. The fourth-order valence-electron chi connectivity index (χ4n) is 2.18. The summed E-state index contributed by atoms with van der Waals surface area (Å²) in [5.41, 5.74) is 14.1. The highest BCUT2D eigenvalue weighted by molar-refractivity contribution is 4.98. The van der Waals surface area contributed by atoms with Gasteiger partial charge in [0.2, 0.25) is 0 Å². The van der Waals surface area contributed by atoms with Crippen molar-refractivity contribution in [2.45, 2.75) is 50.3 Å². The van der Waals surface area contributed by atoms with Crippen LogP contribution in [0.4, 0.5) is 0 Å². The molecule has 0 radical (unpaired) electrons. The van der Waals surface area contributed by atoms with E-state index < -0.39 is 36.4 Å². The predicted molar refractivity (Wildman–Crippen MR) is 56.7 cm³/mol. The molecule has 2 heterocycles. The quantitative estimate of drug-likeness (QED) is 0.397. The Kier molecular flexibility index (Phi) is 3.26. The monoisotopic (exact) mass is 244 g/mol. The number of nitrogens with zero attached hydrogens (tertiary/aromatic N) is 3. The molecule has 5 atom stereocenters. The zero-order chi connectivity index (χ0) is 12.6. The Morgan fingerprint density at radius 2 is 2.06 bits per heavy atom. The number of azide groups is 1. The van der Waals surface area contributed by atoms with Crippen molar-refractivity contribution in [3.8, 4) is 0 Å². The summed E-state index contributed by atoms with van der Waals surface area (Å²) in [6.45, 7) is 3.59. The zero-order valence-corrected chi connectivity index (χ0v) is 9.68. The van der Waals surface area contributed by atoms with Crippen molar-refractivity contribution in [1.82, 2.24) is 0 Å². The number of ether oxygens (including phenoxy) is 3. The molecule has 0 amide bonds. The molecule has 0 aromatic heterocycles. The van der Waals surface area contributed by atoms with Crippen molar-refractivity contribution < 1.29 is 19.3 Å². The molecule has 8 heteroatoms. The van der Waals surface area contributed by atoms with Gasteiger partial charge in [0.25, 0.3) is 0 Å². The normalized spacial score (nSPS) is 43.9. The van der Waals surface area contributed by atoms with Gasteiger partial charge in [0.05, 0.1) is 18.7 Å². The van der Waals surface area contributed by atoms with Gasteiger partial charge in [-0.25, -0.2) is 0 Å². The summed E-state index contributed by atoms with van der Waals surface area (Å²) in [5, 5.41) is 13.1. The molecular weight excluding hydrogens is 228 g/mol. The second-order valence-corrected chi connectivity index (χ2v) is 4.62. The first-order valence-electron chi connectivity index (χ1n) is 5.40. The van der Waals surface area contributed by atoms with Crippen LogP contribution in [-0.2, 0) is 14.2 Å². The fraction of sp³-hybridized carbons (Fsp3) is 1.00. The van der Waals surface area contributed by atoms with Crippen LogP contribution in [0.5, 0.6) is 0 Å². The SMILES string of the molecule is CC1(C)OC2C(CN=[N+]=[N-])OC(O)[C@@H](N)C2O1. The lowest BCUT2D eigenvalue weighted by Crippen LogP contribution is -2.60. The Morgan fingerprint density at radius 1 is 1.41 bits per heavy atom. The second kappa shape index (κ2) is 4.41. The molecule has 4 unspecified atom stereocenters. The van der Waals surface area contributed by atoms with Gasteiger partial charge in [-0.2, -0.15) is 0 Å². The number of fused-ring (bicyclic) bond motifs is 1. The molecule has 96 valence electrons. The average Bonchev–Trinajstić information content (AvgIpc) is 2.58. The van der Waals surface area contributed by atoms with Crippen molar-refractivity contribution >= 4 is 0 Å². The maximum atomic E-state index is 9.65. The Labute approximate surface area is 98.3 Å². The number of hydrogen-bond acceptors (Lipinski definition) is 6. The van der Waals surface area contributed by atoms with Crippen LogP contribution in [0.15, 0.2) is 5.11 Å². The molecule has 0 bridgehead atoms. The van der Waals surface area contributed by atoms with E-state index in [0.717, 1.165) is 0 Å². The van der Waals surface area contributed by atoms with Gasteiger partial charge in [0, 0.05) is 4.91 Å². The van der Waals surface area contributed by atoms with Crippen LogP contribution in [0, 0.1) is 0 Å². The van der Waals surface area contributed by atoms with Gasteiger partial charge in [-0.1, -0.05) is 5.11 Å². The standard InChI is InChI=1S/C9H16N4O4/c1-9(2)16-6-4(3-12-13-11)15-8(14)5(10)7(6)17-9/h4-8,14H,3,10H2,1-2H3/t4?,5-,6?,7?,8?/m0/s1. The van der Waals surface area contributed by atoms with E-state index >= 15 is 0 Å². The zero-order valence-electron chi connectivity index (χ0n) is 9.68. The fourth-order valence-corrected chi connectivity index (χ4v) is 2.18.